The largest absolute Gasteiger partial charge is 0.478 e. The molecular weight excluding hydrogens is 574 g/mol. The molecule has 0 radical (unpaired) electrons. The van der Waals surface area contributed by atoms with Crippen molar-refractivity contribution in [3.8, 4) is 0 Å². The van der Waals surface area contributed by atoms with Crippen molar-refractivity contribution in [2.75, 3.05) is 17.2 Å². The van der Waals surface area contributed by atoms with E-state index < -0.39 is 40.8 Å². The molecule has 0 saturated carbocycles. The van der Waals surface area contributed by atoms with Gasteiger partial charge in [-0.25, -0.2) is 19.6 Å². The Morgan fingerprint density at radius 1 is 1.33 bits per heavy atom. The minimum absolute atomic E-state index is 0.119. The number of anilines is 1. The molecule has 0 bridgehead atoms. The third kappa shape index (κ3) is 5.91. The van der Waals surface area contributed by atoms with E-state index in [9.17, 15) is 34.2 Å². The number of H-pyrrole nitrogens is 1. The lowest BCUT2D eigenvalue weighted by Gasteiger charge is -2.49. The van der Waals surface area contributed by atoms with E-state index in [1.54, 1.807) is 0 Å². The van der Waals surface area contributed by atoms with Crippen LogP contribution in [0.1, 0.15) is 18.7 Å². The molecule has 2 amide bonds. The summed E-state index contributed by atoms with van der Waals surface area (Å²) >= 11 is 3.27. The molecule has 4 heterocycles. The number of hydrogen-bond donors (Lipinski definition) is 5. The number of thiazole rings is 1. The second-order valence-electron chi connectivity index (χ2n) is 8.56. The van der Waals surface area contributed by atoms with Crippen molar-refractivity contribution in [2.24, 2.45) is 5.16 Å². The molecule has 1 saturated heterocycles. The highest BCUT2D eigenvalue weighted by molar-refractivity contribution is 8.01. The maximum atomic E-state index is 13.2. The van der Waals surface area contributed by atoms with E-state index in [1.165, 1.54) is 44.1 Å². The number of β-lactam (4-membered cyclic amide) rings is 1. The van der Waals surface area contributed by atoms with E-state index >= 15 is 0 Å². The smallest absolute Gasteiger partial charge is 0.352 e. The van der Waals surface area contributed by atoms with Crippen LogP contribution < -0.4 is 16.6 Å². The van der Waals surface area contributed by atoms with E-state index in [2.05, 4.69) is 25.4 Å². The van der Waals surface area contributed by atoms with Gasteiger partial charge >= 0.3 is 11.9 Å². The van der Waals surface area contributed by atoms with Gasteiger partial charge in [0.05, 0.1) is 4.88 Å². The molecular formula is C21H21N7O8S3. The first-order valence-electron chi connectivity index (χ1n) is 11.0. The average Bonchev–Trinajstić information content (AvgIpc) is 3.30. The summed E-state index contributed by atoms with van der Waals surface area (Å²) in [5, 5.41) is 25.1. The third-order valence-corrected chi connectivity index (χ3v) is 8.57. The summed E-state index contributed by atoms with van der Waals surface area (Å²) < 4.78 is 0. The zero-order valence-corrected chi connectivity index (χ0v) is 22.7. The number of aromatic nitrogens is 3. The first-order chi connectivity index (χ1) is 18.4. The first-order valence-corrected chi connectivity index (χ1v) is 13.8. The van der Waals surface area contributed by atoms with E-state index in [0.29, 0.717) is 10.7 Å². The average molecular weight is 596 g/mol. The maximum Gasteiger partial charge on any atom is 0.352 e. The highest BCUT2D eigenvalue weighted by atomic mass is 32.2. The number of thioether (sulfide) groups is 2. The van der Waals surface area contributed by atoms with Gasteiger partial charge in [0.2, 0.25) is 5.60 Å². The molecule has 18 heteroatoms. The van der Waals surface area contributed by atoms with E-state index in [4.69, 9.17) is 10.6 Å². The molecule has 2 atom stereocenters. The van der Waals surface area contributed by atoms with Crippen LogP contribution in [0.2, 0.25) is 0 Å². The molecule has 2 aromatic rings. The normalized spacial score (nSPS) is 19.3. The summed E-state index contributed by atoms with van der Waals surface area (Å²) in [6, 6.07) is 0.167. The van der Waals surface area contributed by atoms with Crippen LogP contribution in [0.15, 0.2) is 44.8 Å². The van der Waals surface area contributed by atoms with E-state index in [1.807, 2.05) is 0 Å². The molecule has 39 heavy (non-hydrogen) atoms. The van der Waals surface area contributed by atoms with E-state index in [-0.39, 0.29) is 38.5 Å². The van der Waals surface area contributed by atoms with Crippen LogP contribution in [0.25, 0.3) is 0 Å². The Morgan fingerprint density at radius 3 is 2.69 bits per heavy atom. The van der Waals surface area contributed by atoms with Gasteiger partial charge in [0.1, 0.15) is 17.1 Å². The predicted octanol–water partition coefficient (Wildman–Crippen LogP) is -0.0766. The van der Waals surface area contributed by atoms with Gasteiger partial charge in [-0.2, -0.15) is 0 Å². The van der Waals surface area contributed by atoms with Crippen molar-refractivity contribution in [3.05, 3.63) is 45.0 Å². The standard InChI is InChI=1S/C21H21N7O8S3/c1-21(2,18(34)35)36-27-11(9-5-24-19(22)39-9)14(30)26-12-15(31)28-13(17(32)33)8(6-37-16(12)28)7-38-20-23-4-3-10(29)25-20/h3-5,12,16H,6-7H2,1-2H3,(H2,22,24)(H,26,30)(H,32,33)(H,34,35)(H,23,25,29)/b27-11-. The number of carbonyl (C=O) groups is 4. The van der Waals surface area contributed by atoms with Crippen LogP contribution >= 0.6 is 34.9 Å². The predicted molar refractivity (Wildman–Crippen MR) is 141 cm³/mol. The Balaban J connectivity index is 1.52. The zero-order chi connectivity index (χ0) is 28.5. The summed E-state index contributed by atoms with van der Waals surface area (Å²) in [6.07, 6.45) is 2.58. The van der Waals surface area contributed by atoms with Crippen LogP contribution in [-0.2, 0) is 24.0 Å². The number of aromatic amines is 1. The number of nitrogens with zero attached hydrogens (tertiary/aromatic N) is 4. The number of rotatable bonds is 10. The van der Waals surface area contributed by atoms with Gasteiger partial charge in [-0.15, -0.1) is 11.8 Å². The van der Waals surface area contributed by atoms with Gasteiger partial charge < -0.3 is 31.1 Å². The van der Waals surface area contributed by atoms with Crippen molar-refractivity contribution < 1.29 is 34.2 Å². The van der Waals surface area contributed by atoms with Crippen LogP contribution in [0, 0.1) is 0 Å². The number of aliphatic carboxylic acids is 2. The fraction of sp³-hybridized carbons (Fsp3) is 0.333. The molecule has 1 fully saturated rings. The van der Waals surface area contributed by atoms with Gasteiger partial charge in [-0.3, -0.25) is 19.3 Å². The lowest BCUT2D eigenvalue weighted by Crippen LogP contribution is -2.71. The number of carboxylic acids is 2. The number of hydrogen-bond acceptors (Lipinski definition) is 13. The lowest BCUT2D eigenvalue weighted by molar-refractivity contribution is -0.161. The van der Waals surface area contributed by atoms with Crippen molar-refractivity contribution in [1.29, 1.82) is 0 Å². The number of carboxylic acid groups (broad SMARTS) is 2. The minimum Gasteiger partial charge on any atom is -0.478 e. The fourth-order valence-electron chi connectivity index (χ4n) is 3.38. The van der Waals surface area contributed by atoms with E-state index in [0.717, 1.165) is 28.0 Å². The Kier molecular flexibility index (Phi) is 7.98. The van der Waals surface area contributed by atoms with Gasteiger partial charge in [-0.1, -0.05) is 28.3 Å². The van der Waals surface area contributed by atoms with Crippen molar-refractivity contribution in [1.82, 2.24) is 25.2 Å². The fourth-order valence-corrected chi connectivity index (χ4v) is 6.37. The highest BCUT2D eigenvalue weighted by Gasteiger charge is 2.54. The monoisotopic (exact) mass is 595 g/mol. The first kappa shape index (κ1) is 28.1. The van der Waals surface area contributed by atoms with Crippen molar-refractivity contribution in [2.45, 2.75) is 36.0 Å². The molecule has 2 aliphatic rings. The molecule has 206 valence electrons. The molecule has 2 unspecified atom stereocenters. The summed E-state index contributed by atoms with van der Waals surface area (Å²) in [7, 11) is 0. The summed E-state index contributed by atoms with van der Waals surface area (Å²) in [5.74, 6) is -3.74. The minimum atomic E-state index is -1.76. The Morgan fingerprint density at radius 2 is 2.08 bits per heavy atom. The van der Waals surface area contributed by atoms with Gasteiger partial charge in [0.25, 0.3) is 17.4 Å². The van der Waals surface area contributed by atoms with Crippen LogP contribution in [0.3, 0.4) is 0 Å². The maximum absolute atomic E-state index is 13.2. The lowest BCUT2D eigenvalue weighted by atomic mass is 10.0. The molecule has 0 spiro atoms. The summed E-state index contributed by atoms with van der Waals surface area (Å²) in [4.78, 5) is 77.9. The molecule has 0 aliphatic carbocycles. The Bertz CT molecular complexity index is 1470. The van der Waals surface area contributed by atoms with Gasteiger partial charge in [0.15, 0.2) is 16.0 Å². The molecule has 2 aromatic heterocycles. The second kappa shape index (κ2) is 11.1. The zero-order valence-electron chi connectivity index (χ0n) is 20.2. The summed E-state index contributed by atoms with van der Waals surface area (Å²) in [5.41, 5.74) is 3.45. The van der Waals surface area contributed by atoms with Crippen molar-refractivity contribution in [3.63, 3.8) is 0 Å². The number of carbonyl (C=O) groups excluding carboxylic acids is 2. The number of fused-ring (bicyclic) bond motifs is 1. The second-order valence-corrected chi connectivity index (χ2v) is 11.7. The number of oxime groups is 1. The number of nitrogen functional groups attached to an aromatic ring is 1. The molecule has 2 aliphatic heterocycles. The highest BCUT2D eigenvalue weighted by Crippen LogP contribution is 2.41. The Labute approximate surface area is 231 Å². The number of nitrogens with two attached hydrogens (primary N) is 1. The SMILES string of the molecule is CC(C)(O/N=C(\C(=O)NC1C(=O)N2C(C(=O)O)=C(CSc3nccc(=O)[nH]3)CSC12)c1cnc(N)s1)C(=O)O. The summed E-state index contributed by atoms with van der Waals surface area (Å²) in [6.45, 7) is 2.48. The quantitative estimate of drug-likeness (QED) is 0.0796. The molecule has 4 rings (SSSR count). The Hall–Kier alpha value is -3.90. The number of amides is 2. The van der Waals surface area contributed by atoms with Crippen LogP contribution in [0.5, 0.6) is 0 Å². The third-order valence-electron chi connectivity index (χ3n) is 5.42. The van der Waals surface area contributed by atoms with Crippen molar-refractivity contribution >= 4 is 69.5 Å². The van der Waals surface area contributed by atoms with Gasteiger partial charge in [-0.05, 0) is 19.4 Å². The number of nitrogens with one attached hydrogen (secondary N) is 2. The molecule has 15 nitrogen and oxygen atoms in total. The molecule has 6 N–H and O–H groups in total. The van der Waals surface area contributed by atoms with Crippen LogP contribution in [-0.4, -0.2) is 88.1 Å². The van der Waals surface area contributed by atoms with Crippen LogP contribution in [0.4, 0.5) is 5.13 Å². The van der Waals surface area contributed by atoms with Gasteiger partial charge in [0, 0.05) is 30.0 Å². The molecule has 0 aromatic carbocycles. The topological polar surface area (TPSA) is 230 Å².